The highest BCUT2D eigenvalue weighted by atomic mass is 19.1. The van der Waals surface area contributed by atoms with Gasteiger partial charge in [-0.1, -0.05) is 42.5 Å². The Hall–Kier alpha value is -2.93. The molecule has 0 saturated carbocycles. The van der Waals surface area contributed by atoms with Crippen LogP contribution in [0.25, 0.3) is 0 Å². The Labute approximate surface area is 170 Å². The Morgan fingerprint density at radius 1 is 0.931 bits per heavy atom. The van der Waals surface area contributed by atoms with Gasteiger partial charge in [0, 0.05) is 32.7 Å². The number of para-hydroxylation sites is 1. The van der Waals surface area contributed by atoms with Gasteiger partial charge in [0.15, 0.2) is 0 Å². The Morgan fingerprint density at radius 2 is 1.62 bits per heavy atom. The van der Waals surface area contributed by atoms with Crippen LogP contribution in [0.15, 0.2) is 54.6 Å². The summed E-state index contributed by atoms with van der Waals surface area (Å²) in [6.07, 6.45) is 0.748. The first-order valence-corrected chi connectivity index (χ1v) is 9.79. The standard InChI is InChI=1S/C22H26FN3O3/c23-19-8-4-5-9-20(19)25-12-14-26(15-13-25)22(28)17-29-16-21(27)24-11-10-18-6-2-1-3-7-18/h1-9H,10-17H2,(H,24,27). The molecule has 0 radical (unpaired) electrons. The number of nitrogens with zero attached hydrogens (tertiary/aromatic N) is 2. The van der Waals surface area contributed by atoms with E-state index in [-0.39, 0.29) is 30.8 Å². The number of anilines is 1. The van der Waals surface area contributed by atoms with Gasteiger partial charge in [-0.3, -0.25) is 9.59 Å². The van der Waals surface area contributed by atoms with E-state index in [9.17, 15) is 14.0 Å². The van der Waals surface area contributed by atoms with Crippen LogP contribution < -0.4 is 10.2 Å². The van der Waals surface area contributed by atoms with E-state index >= 15 is 0 Å². The number of halogens is 1. The number of hydrogen-bond acceptors (Lipinski definition) is 4. The number of carbonyl (C=O) groups is 2. The molecule has 29 heavy (non-hydrogen) atoms. The van der Waals surface area contributed by atoms with Crippen LogP contribution in [-0.2, 0) is 20.7 Å². The monoisotopic (exact) mass is 399 g/mol. The van der Waals surface area contributed by atoms with Crippen LogP contribution >= 0.6 is 0 Å². The number of carbonyl (C=O) groups excluding carboxylic acids is 2. The van der Waals surface area contributed by atoms with Crippen LogP contribution in [0.3, 0.4) is 0 Å². The van der Waals surface area contributed by atoms with Gasteiger partial charge in [-0.25, -0.2) is 4.39 Å². The zero-order chi connectivity index (χ0) is 20.5. The molecule has 154 valence electrons. The van der Waals surface area contributed by atoms with Gasteiger partial charge in [0.2, 0.25) is 11.8 Å². The summed E-state index contributed by atoms with van der Waals surface area (Å²) in [5, 5.41) is 2.78. The molecule has 0 aliphatic carbocycles. The number of amides is 2. The SMILES string of the molecule is O=C(COCC(=O)N1CCN(c2ccccc2F)CC1)NCCc1ccccc1. The number of piperazine rings is 1. The van der Waals surface area contributed by atoms with Crippen LogP contribution in [0.2, 0.25) is 0 Å². The summed E-state index contributed by atoms with van der Waals surface area (Å²) in [6.45, 7) is 2.37. The van der Waals surface area contributed by atoms with E-state index in [4.69, 9.17) is 4.74 Å². The van der Waals surface area contributed by atoms with E-state index in [1.54, 1.807) is 23.1 Å². The second kappa shape index (κ2) is 10.6. The molecule has 0 spiro atoms. The number of rotatable bonds is 8. The van der Waals surface area contributed by atoms with Crippen LogP contribution in [0, 0.1) is 5.82 Å². The van der Waals surface area contributed by atoms with E-state index < -0.39 is 0 Å². The lowest BCUT2D eigenvalue weighted by atomic mass is 10.1. The number of benzene rings is 2. The minimum atomic E-state index is -0.256. The van der Waals surface area contributed by atoms with E-state index in [0.29, 0.717) is 38.4 Å². The average Bonchev–Trinajstić information content (AvgIpc) is 2.75. The highest BCUT2D eigenvalue weighted by Gasteiger charge is 2.22. The third-order valence-corrected chi connectivity index (χ3v) is 4.86. The predicted molar refractivity (Wildman–Crippen MR) is 109 cm³/mol. The number of hydrogen-bond donors (Lipinski definition) is 1. The smallest absolute Gasteiger partial charge is 0.248 e. The molecule has 1 fully saturated rings. The first kappa shape index (κ1) is 20.8. The highest BCUT2D eigenvalue weighted by molar-refractivity contribution is 5.79. The van der Waals surface area contributed by atoms with Gasteiger partial charge in [0.1, 0.15) is 19.0 Å². The molecule has 1 N–H and O–H groups in total. The normalized spacial score (nSPS) is 14.0. The Balaban J connectivity index is 1.31. The summed E-state index contributed by atoms with van der Waals surface area (Å²) in [6, 6.07) is 16.5. The first-order valence-electron chi connectivity index (χ1n) is 9.79. The van der Waals surface area contributed by atoms with E-state index in [0.717, 1.165) is 12.0 Å². The molecule has 3 rings (SSSR count). The van der Waals surface area contributed by atoms with Crippen LogP contribution in [0.5, 0.6) is 0 Å². The van der Waals surface area contributed by atoms with Crippen molar-refractivity contribution in [2.24, 2.45) is 0 Å². The summed E-state index contributed by atoms with van der Waals surface area (Å²) < 4.78 is 19.1. The summed E-state index contributed by atoms with van der Waals surface area (Å²) in [5.74, 6) is -0.651. The third kappa shape index (κ3) is 6.29. The van der Waals surface area contributed by atoms with Gasteiger partial charge in [-0.2, -0.15) is 0 Å². The zero-order valence-corrected chi connectivity index (χ0v) is 16.4. The molecular weight excluding hydrogens is 373 g/mol. The van der Waals surface area contributed by atoms with Gasteiger partial charge in [0.25, 0.3) is 0 Å². The summed E-state index contributed by atoms with van der Waals surface area (Å²) in [5.41, 5.74) is 1.71. The van der Waals surface area contributed by atoms with Crippen molar-refractivity contribution in [1.82, 2.24) is 10.2 Å². The Kier molecular flexibility index (Phi) is 7.58. The van der Waals surface area contributed by atoms with Crippen LogP contribution in [-0.4, -0.2) is 62.7 Å². The molecule has 0 unspecified atom stereocenters. The molecule has 2 aromatic rings. The van der Waals surface area contributed by atoms with E-state index in [1.807, 2.05) is 35.2 Å². The molecule has 7 heteroatoms. The van der Waals surface area contributed by atoms with Gasteiger partial charge in [0.05, 0.1) is 5.69 Å². The average molecular weight is 399 g/mol. The quantitative estimate of drug-likeness (QED) is 0.736. The molecule has 1 aliphatic rings. The largest absolute Gasteiger partial charge is 0.366 e. The Morgan fingerprint density at radius 3 is 2.34 bits per heavy atom. The molecule has 0 atom stereocenters. The summed E-state index contributed by atoms with van der Waals surface area (Å²) >= 11 is 0. The molecule has 0 aromatic heterocycles. The molecule has 6 nitrogen and oxygen atoms in total. The molecular formula is C22H26FN3O3. The molecule has 1 aliphatic heterocycles. The maximum absolute atomic E-state index is 13.9. The second-order valence-corrected chi connectivity index (χ2v) is 6.90. The molecule has 0 bridgehead atoms. The summed E-state index contributed by atoms with van der Waals surface area (Å²) in [7, 11) is 0. The predicted octanol–water partition coefficient (Wildman–Crippen LogP) is 1.85. The molecule has 1 heterocycles. The van der Waals surface area contributed by atoms with Gasteiger partial charge < -0.3 is 19.9 Å². The minimum Gasteiger partial charge on any atom is -0.366 e. The fourth-order valence-electron chi connectivity index (χ4n) is 3.27. The van der Waals surface area contributed by atoms with Crippen LogP contribution in [0.1, 0.15) is 5.56 Å². The van der Waals surface area contributed by atoms with Crippen molar-refractivity contribution in [1.29, 1.82) is 0 Å². The Bertz CT molecular complexity index is 808. The van der Waals surface area contributed by atoms with Crippen molar-refractivity contribution < 1.29 is 18.7 Å². The van der Waals surface area contributed by atoms with Gasteiger partial charge in [-0.15, -0.1) is 0 Å². The van der Waals surface area contributed by atoms with Gasteiger partial charge in [-0.05, 0) is 24.1 Å². The maximum atomic E-state index is 13.9. The molecule has 2 amide bonds. The van der Waals surface area contributed by atoms with Crippen molar-refractivity contribution in [3.63, 3.8) is 0 Å². The highest BCUT2D eigenvalue weighted by Crippen LogP contribution is 2.20. The van der Waals surface area contributed by atoms with E-state index in [1.165, 1.54) is 6.07 Å². The third-order valence-electron chi connectivity index (χ3n) is 4.86. The van der Waals surface area contributed by atoms with Crippen molar-refractivity contribution in [2.45, 2.75) is 6.42 Å². The van der Waals surface area contributed by atoms with Crippen molar-refractivity contribution in [3.05, 3.63) is 66.0 Å². The second-order valence-electron chi connectivity index (χ2n) is 6.90. The fourth-order valence-corrected chi connectivity index (χ4v) is 3.27. The molecule has 2 aromatic carbocycles. The zero-order valence-electron chi connectivity index (χ0n) is 16.4. The fraction of sp³-hybridized carbons (Fsp3) is 0.364. The lowest BCUT2D eigenvalue weighted by Gasteiger charge is -2.36. The summed E-state index contributed by atoms with van der Waals surface area (Å²) in [4.78, 5) is 27.7. The lowest BCUT2D eigenvalue weighted by Crippen LogP contribution is -2.50. The molecule has 1 saturated heterocycles. The van der Waals surface area contributed by atoms with Gasteiger partial charge >= 0.3 is 0 Å². The topological polar surface area (TPSA) is 61.9 Å². The minimum absolute atomic E-state index is 0.133. The first-order chi connectivity index (χ1) is 14.1. The number of ether oxygens (including phenoxy) is 1. The van der Waals surface area contributed by atoms with Crippen LogP contribution in [0.4, 0.5) is 10.1 Å². The van der Waals surface area contributed by atoms with Crippen molar-refractivity contribution >= 4 is 17.5 Å². The maximum Gasteiger partial charge on any atom is 0.248 e. The van der Waals surface area contributed by atoms with Crippen molar-refractivity contribution in [2.75, 3.05) is 50.8 Å². The lowest BCUT2D eigenvalue weighted by molar-refractivity contribution is -0.138. The number of nitrogens with one attached hydrogen (secondary N) is 1. The van der Waals surface area contributed by atoms with Crippen molar-refractivity contribution in [3.8, 4) is 0 Å². The van der Waals surface area contributed by atoms with E-state index in [2.05, 4.69) is 5.32 Å².